The summed E-state index contributed by atoms with van der Waals surface area (Å²) in [5, 5.41) is 5.61. The van der Waals surface area contributed by atoms with Crippen LogP contribution >= 0.6 is 0 Å². The molecule has 6 rings (SSSR count). The Morgan fingerprint density at radius 1 is 0.560 bits per heavy atom. The van der Waals surface area contributed by atoms with Crippen LogP contribution in [0.1, 0.15) is 37.4 Å². The van der Waals surface area contributed by atoms with Gasteiger partial charge in [0.25, 0.3) is 11.8 Å². The molecule has 0 spiro atoms. The van der Waals surface area contributed by atoms with Crippen molar-refractivity contribution >= 4 is 35.4 Å². The van der Waals surface area contributed by atoms with E-state index >= 15 is 0 Å². The molecule has 0 radical (unpaired) electrons. The van der Waals surface area contributed by atoms with Crippen molar-refractivity contribution in [3.63, 3.8) is 0 Å². The van der Waals surface area contributed by atoms with E-state index in [-0.39, 0.29) is 11.5 Å². The highest BCUT2D eigenvalue weighted by molar-refractivity contribution is 6.11. The molecule has 6 aromatic carbocycles. The molecular formula is C44H34N2O4. The highest BCUT2D eigenvalue weighted by Gasteiger charge is 2.15. The van der Waals surface area contributed by atoms with Gasteiger partial charge in [0.05, 0.1) is 0 Å². The third-order valence-electron chi connectivity index (χ3n) is 7.84. The summed E-state index contributed by atoms with van der Waals surface area (Å²) in [6.45, 7) is 0.480. The summed E-state index contributed by atoms with van der Waals surface area (Å²) < 4.78 is 5.84. The van der Waals surface area contributed by atoms with Crippen molar-refractivity contribution < 1.29 is 19.1 Å². The summed E-state index contributed by atoms with van der Waals surface area (Å²) in [6.07, 6.45) is 4.89. The number of carbonyl (C=O) groups is 3. The largest absolute Gasteiger partial charge is 0.489 e. The normalized spacial score (nSPS) is 11.2. The van der Waals surface area contributed by atoms with Crippen LogP contribution < -0.4 is 15.4 Å². The third-order valence-corrected chi connectivity index (χ3v) is 7.84. The third kappa shape index (κ3) is 9.18. The van der Waals surface area contributed by atoms with E-state index in [1.807, 2.05) is 115 Å². The van der Waals surface area contributed by atoms with Crippen molar-refractivity contribution in [3.8, 4) is 16.9 Å². The zero-order valence-electron chi connectivity index (χ0n) is 27.2. The zero-order chi connectivity index (χ0) is 34.5. The van der Waals surface area contributed by atoms with E-state index in [1.165, 1.54) is 6.08 Å². The van der Waals surface area contributed by atoms with Gasteiger partial charge in [-0.1, -0.05) is 121 Å². The molecule has 0 bridgehead atoms. The lowest BCUT2D eigenvalue weighted by atomic mass is 10.0. The second kappa shape index (κ2) is 16.4. The Bertz CT molecular complexity index is 2110. The van der Waals surface area contributed by atoms with Gasteiger partial charge in [0, 0.05) is 16.8 Å². The quantitative estimate of drug-likeness (QED) is 0.102. The molecule has 6 aromatic rings. The second-order valence-corrected chi connectivity index (χ2v) is 11.4. The van der Waals surface area contributed by atoms with Gasteiger partial charge in [0.2, 0.25) is 0 Å². The van der Waals surface area contributed by atoms with Gasteiger partial charge in [-0.15, -0.1) is 0 Å². The molecular weight excluding hydrogens is 620 g/mol. The minimum absolute atomic E-state index is 0.0749. The number of anilines is 1. The number of amides is 2. The molecule has 0 atom stereocenters. The van der Waals surface area contributed by atoms with Gasteiger partial charge >= 0.3 is 0 Å². The maximum absolute atomic E-state index is 13.5. The molecule has 244 valence electrons. The first-order valence-corrected chi connectivity index (χ1v) is 16.1. The van der Waals surface area contributed by atoms with E-state index in [1.54, 1.807) is 60.7 Å². The minimum Gasteiger partial charge on any atom is -0.489 e. The SMILES string of the molecule is O=C(Nc1ccc(C(=O)/C=C/c2ccc(OCc3ccccc3)cc2)cc1)/C(=C/c1ccc(-c2ccccc2)cc1)NC(=O)c1ccccc1. The molecule has 0 aliphatic heterocycles. The molecule has 2 N–H and O–H groups in total. The second-order valence-electron chi connectivity index (χ2n) is 11.4. The summed E-state index contributed by atoms with van der Waals surface area (Å²) in [5.74, 6) is -0.345. The molecule has 6 nitrogen and oxygen atoms in total. The Balaban J connectivity index is 1.10. The van der Waals surface area contributed by atoms with Gasteiger partial charge < -0.3 is 15.4 Å². The topological polar surface area (TPSA) is 84.5 Å². The fourth-order valence-corrected chi connectivity index (χ4v) is 5.11. The van der Waals surface area contributed by atoms with E-state index < -0.39 is 11.8 Å². The van der Waals surface area contributed by atoms with Crippen LogP contribution in [-0.4, -0.2) is 17.6 Å². The van der Waals surface area contributed by atoms with Gasteiger partial charge in [-0.3, -0.25) is 14.4 Å². The molecule has 0 unspecified atom stereocenters. The van der Waals surface area contributed by atoms with Crippen molar-refractivity contribution in [1.29, 1.82) is 0 Å². The molecule has 0 saturated carbocycles. The van der Waals surface area contributed by atoms with Gasteiger partial charge in [-0.25, -0.2) is 0 Å². The van der Waals surface area contributed by atoms with Crippen molar-refractivity contribution in [3.05, 3.63) is 203 Å². The first-order valence-electron chi connectivity index (χ1n) is 16.1. The van der Waals surface area contributed by atoms with Crippen LogP contribution in [0.2, 0.25) is 0 Å². The number of benzene rings is 6. The van der Waals surface area contributed by atoms with Crippen molar-refractivity contribution in [2.75, 3.05) is 5.32 Å². The number of ether oxygens (including phenoxy) is 1. The van der Waals surface area contributed by atoms with Crippen LogP contribution in [0.15, 0.2) is 176 Å². The van der Waals surface area contributed by atoms with Gasteiger partial charge in [0.15, 0.2) is 5.78 Å². The van der Waals surface area contributed by atoms with E-state index in [0.29, 0.717) is 23.4 Å². The van der Waals surface area contributed by atoms with Gasteiger partial charge in [-0.05, 0) is 88.5 Å². The lowest BCUT2D eigenvalue weighted by molar-refractivity contribution is -0.113. The average molecular weight is 655 g/mol. The highest BCUT2D eigenvalue weighted by Crippen LogP contribution is 2.21. The maximum atomic E-state index is 13.5. The van der Waals surface area contributed by atoms with E-state index in [0.717, 1.165) is 33.6 Å². The molecule has 6 heteroatoms. The van der Waals surface area contributed by atoms with Crippen LogP contribution in [0, 0.1) is 0 Å². The van der Waals surface area contributed by atoms with Gasteiger partial charge in [-0.2, -0.15) is 0 Å². The summed E-state index contributed by atoms with van der Waals surface area (Å²) in [6, 6.07) is 50.5. The van der Waals surface area contributed by atoms with Crippen LogP contribution in [0.3, 0.4) is 0 Å². The summed E-state index contributed by atoms with van der Waals surface area (Å²) >= 11 is 0. The van der Waals surface area contributed by atoms with Crippen molar-refractivity contribution in [2.24, 2.45) is 0 Å². The monoisotopic (exact) mass is 654 g/mol. The fourth-order valence-electron chi connectivity index (χ4n) is 5.11. The number of hydrogen-bond acceptors (Lipinski definition) is 4. The summed E-state index contributed by atoms with van der Waals surface area (Å²) in [5.41, 5.74) is 6.24. The molecule has 0 aromatic heterocycles. The number of carbonyl (C=O) groups excluding carboxylic acids is 3. The number of hydrogen-bond donors (Lipinski definition) is 2. The smallest absolute Gasteiger partial charge is 0.272 e. The highest BCUT2D eigenvalue weighted by atomic mass is 16.5. The van der Waals surface area contributed by atoms with E-state index in [4.69, 9.17) is 4.74 Å². The zero-order valence-corrected chi connectivity index (χ0v) is 27.2. The minimum atomic E-state index is -0.503. The van der Waals surface area contributed by atoms with Crippen LogP contribution in [-0.2, 0) is 11.4 Å². The molecule has 0 heterocycles. The average Bonchev–Trinajstić information content (AvgIpc) is 3.18. The predicted molar refractivity (Wildman–Crippen MR) is 199 cm³/mol. The molecule has 0 fully saturated rings. The van der Waals surface area contributed by atoms with Crippen molar-refractivity contribution in [2.45, 2.75) is 6.61 Å². The molecule has 0 aliphatic carbocycles. The Morgan fingerprint density at radius 2 is 1.14 bits per heavy atom. The van der Waals surface area contributed by atoms with Gasteiger partial charge in [0.1, 0.15) is 18.1 Å². The Hall–Kier alpha value is -6.79. The fraction of sp³-hybridized carbons (Fsp3) is 0.0227. The molecule has 0 aliphatic rings. The number of allylic oxidation sites excluding steroid dienone is 1. The lowest BCUT2D eigenvalue weighted by Gasteiger charge is -2.12. The first kappa shape index (κ1) is 33.1. The number of ketones is 1. The maximum Gasteiger partial charge on any atom is 0.272 e. The Kier molecular flexibility index (Phi) is 10.8. The van der Waals surface area contributed by atoms with E-state index in [2.05, 4.69) is 10.6 Å². The van der Waals surface area contributed by atoms with Crippen LogP contribution in [0.5, 0.6) is 5.75 Å². The van der Waals surface area contributed by atoms with E-state index in [9.17, 15) is 14.4 Å². The lowest BCUT2D eigenvalue weighted by Crippen LogP contribution is -2.30. The molecule has 0 saturated heterocycles. The number of rotatable bonds is 12. The molecule has 2 amide bonds. The Morgan fingerprint density at radius 3 is 1.80 bits per heavy atom. The van der Waals surface area contributed by atoms with Crippen molar-refractivity contribution in [1.82, 2.24) is 5.32 Å². The molecule has 50 heavy (non-hydrogen) atoms. The van der Waals surface area contributed by atoms with Crippen LogP contribution in [0.25, 0.3) is 23.3 Å². The first-order chi connectivity index (χ1) is 24.5. The number of nitrogens with one attached hydrogen (secondary N) is 2. The Labute approximate surface area is 291 Å². The predicted octanol–water partition coefficient (Wildman–Crippen LogP) is 9.24. The standard InChI is InChI=1S/C44H34N2O4/c47-42(29-20-32-18-27-40(28-19-32)50-31-34-10-4-1-5-11-34)37-23-25-39(26-24-37)45-44(49)41(46-43(48)38-14-8-3-9-15-38)30-33-16-21-36(22-17-33)35-12-6-2-7-13-35/h1-30H,31H2,(H,45,49)(H,46,48)/b29-20+,41-30-. The summed E-state index contributed by atoms with van der Waals surface area (Å²) in [7, 11) is 0. The summed E-state index contributed by atoms with van der Waals surface area (Å²) in [4.78, 5) is 39.5. The van der Waals surface area contributed by atoms with Crippen LogP contribution in [0.4, 0.5) is 5.69 Å².